The molecule has 0 aliphatic heterocycles. The predicted octanol–water partition coefficient (Wildman–Crippen LogP) is -0.208. The molecule has 5 atom stereocenters. The summed E-state index contributed by atoms with van der Waals surface area (Å²) < 4.78 is 0. The number of benzene rings is 1. The van der Waals surface area contributed by atoms with Crippen LogP contribution in [0, 0.1) is 11.8 Å². The molecule has 0 unspecified atom stereocenters. The summed E-state index contributed by atoms with van der Waals surface area (Å²) >= 11 is 0. The lowest BCUT2D eigenvalue weighted by atomic mass is 9.88. The zero-order valence-electron chi connectivity index (χ0n) is 35.9. The summed E-state index contributed by atoms with van der Waals surface area (Å²) in [5.74, 6) is -5.20. The lowest BCUT2D eigenvalue weighted by molar-refractivity contribution is -0.138. The van der Waals surface area contributed by atoms with Gasteiger partial charge in [-0.05, 0) is 95.2 Å². The van der Waals surface area contributed by atoms with Crippen molar-refractivity contribution in [3.63, 3.8) is 0 Å². The molecule has 1 fully saturated rings. The molecule has 61 heavy (non-hydrogen) atoms. The number of carbonyl (C=O) groups is 7. The Morgan fingerprint density at radius 1 is 0.656 bits per heavy atom. The van der Waals surface area contributed by atoms with Gasteiger partial charge in [0.2, 0.25) is 35.4 Å². The largest absolute Gasteiger partial charge is 0.480 e. The van der Waals surface area contributed by atoms with Crippen LogP contribution in [0.15, 0.2) is 35.3 Å². The van der Waals surface area contributed by atoms with Gasteiger partial charge in [0, 0.05) is 18.9 Å². The molecule has 0 aromatic heterocycles. The second kappa shape index (κ2) is 29.0. The molecule has 0 heterocycles. The first-order valence-electron chi connectivity index (χ1n) is 21.7. The van der Waals surface area contributed by atoms with Crippen molar-refractivity contribution >= 4 is 47.4 Å². The molecule has 0 radical (unpaired) electrons. The highest BCUT2D eigenvalue weighted by Gasteiger charge is 2.33. The first kappa shape index (κ1) is 51.8. The van der Waals surface area contributed by atoms with Crippen LogP contribution in [0.1, 0.15) is 109 Å². The molecule has 2 rings (SSSR count). The van der Waals surface area contributed by atoms with Crippen LogP contribution < -0.4 is 54.8 Å². The van der Waals surface area contributed by atoms with Gasteiger partial charge in [-0.15, -0.1) is 0 Å². The number of hydrogen-bond donors (Lipinski definition) is 11. The minimum atomic E-state index is -1.26. The van der Waals surface area contributed by atoms with E-state index >= 15 is 0 Å². The number of aliphatic imine (C=N–C) groups is 1. The number of amides is 6. The second-order valence-electron chi connectivity index (χ2n) is 16.1. The standard InChI is InChI=1S/C42H71N11O8/c1-27(2)24-33(41(61)53-34(37(57)48-26-35(54)55)25-28-14-5-3-6-15-28)52-40(60)31(19-10-12-22-44)50-39(59)32(20-13-23-47-42(45)46)51-38(58)30(18-9-11-21-43)49-36(56)29-16-7-4-8-17-29/h3,5-6,14-15,27,29-34H,4,7-13,16-26,43-44H2,1-2H3,(H,48,57)(H,49,56)(H,50,59)(H,51,58)(H,52,60)(H,53,61)(H,54,55)(H4,45,46,47)/t30-,31-,32-,33-,34-/m0/s1. The molecule has 1 aromatic rings. The normalized spacial score (nSPS) is 15.2. The number of rotatable bonds is 29. The van der Waals surface area contributed by atoms with Crippen molar-refractivity contribution in [2.45, 2.75) is 140 Å². The van der Waals surface area contributed by atoms with Crippen LogP contribution in [0.5, 0.6) is 0 Å². The number of hydrogen-bond acceptors (Lipinski definition) is 10. The number of carbonyl (C=O) groups excluding carboxylic acids is 6. The Kier molecular flexibility index (Phi) is 24.7. The van der Waals surface area contributed by atoms with E-state index < -0.39 is 72.3 Å². The fourth-order valence-corrected chi connectivity index (χ4v) is 7.09. The van der Waals surface area contributed by atoms with E-state index in [0.29, 0.717) is 50.8 Å². The van der Waals surface area contributed by atoms with E-state index in [1.54, 1.807) is 30.3 Å². The number of nitrogens with zero attached hydrogens (tertiary/aromatic N) is 1. The summed E-state index contributed by atoms with van der Waals surface area (Å²) in [6, 6.07) is 3.28. The average molecular weight is 858 g/mol. The molecule has 0 spiro atoms. The van der Waals surface area contributed by atoms with Gasteiger partial charge in [-0.25, -0.2) is 0 Å². The molecule has 1 aromatic carbocycles. The zero-order valence-corrected chi connectivity index (χ0v) is 35.9. The van der Waals surface area contributed by atoms with Crippen molar-refractivity contribution < 1.29 is 38.7 Å². The van der Waals surface area contributed by atoms with E-state index in [1.165, 1.54) is 0 Å². The van der Waals surface area contributed by atoms with Crippen molar-refractivity contribution in [2.24, 2.45) is 39.8 Å². The van der Waals surface area contributed by atoms with Gasteiger partial charge in [0.15, 0.2) is 5.96 Å². The van der Waals surface area contributed by atoms with E-state index in [4.69, 9.17) is 28.0 Å². The number of nitrogens with one attached hydrogen (secondary N) is 6. The lowest BCUT2D eigenvalue weighted by Crippen LogP contribution is -2.59. The third-order valence-corrected chi connectivity index (χ3v) is 10.4. The maximum absolute atomic E-state index is 14.1. The lowest BCUT2D eigenvalue weighted by Gasteiger charge is -2.28. The Labute approximate surface area is 359 Å². The number of aliphatic carboxylic acids is 1. The minimum Gasteiger partial charge on any atom is -0.480 e. The van der Waals surface area contributed by atoms with E-state index in [0.717, 1.165) is 32.1 Å². The Bertz CT molecular complexity index is 1570. The average Bonchev–Trinajstić information content (AvgIpc) is 3.22. The second-order valence-corrected chi connectivity index (χ2v) is 16.1. The maximum Gasteiger partial charge on any atom is 0.322 e. The third kappa shape index (κ3) is 21.2. The monoisotopic (exact) mass is 858 g/mol. The molecule has 1 aliphatic rings. The fraction of sp³-hybridized carbons (Fsp3) is 0.667. The van der Waals surface area contributed by atoms with Crippen LogP contribution in [-0.2, 0) is 40.0 Å². The SMILES string of the molecule is CC(C)C[C@H](NC(=O)[C@H](CCCCN)NC(=O)[C@H](CCCN=C(N)N)NC(=O)[C@H](CCCCN)NC(=O)C1CCCCC1)C(=O)N[C@@H](Cc1ccccc1)C(=O)NCC(=O)O. The molecule has 19 nitrogen and oxygen atoms in total. The molecule has 342 valence electrons. The van der Waals surface area contributed by atoms with E-state index in [1.807, 2.05) is 13.8 Å². The Balaban J connectivity index is 2.36. The first-order valence-corrected chi connectivity index (χ1v) is 21.7. The summed E-state index contributed by atoms with van der Waals surface area (Å²) in [5.41, 5.74) is 23.2. The first-order chi connectivity index (χ1) is 29.1. The van der Waals surface area contributed by atoms with Gasteiger partial charge in [-0.1, -0.05) is 63.4 Å². The minimum absolute atomic E-state index is 0.0482. The van der Waals surface area contributed by atoms with Crippen LogP contribution in [0.2, 0.25) is 0 Å². The molecular weight excluding hydrogens is 787 g/mol. The molecule has 6 amide bonds. The number of unbranched alkanes of at least 4 members (excludes halogenated alkanes) is 2. The van der Waals surface area contributed by atoms with Crippen LogP contribution >= 0.6 is 0 Å². The van der Waals surface area contributed by atoms with Crippen LogP contribution in [-0.4, -0.2) is 109 Å². The van der Waals surface area contributed by atoms with Crippen molar-refractivity contribution in [1.29, 1.82) is 0 Å². The topological polar surface area (TPSA) is 328 Å². The molecule has 0 saturated heterocycles. The van der Waals surface area contributed by atoms with Gasteiger partial charge >= 0.3 is 5.97 Å². The van der Waals surface area contributed by atoms with Crippen molar-refractivity contribution in [3.8, 4) is 0 Å². The number of guanidine groups is 1. The highest BCUT2D eigenvalue weighted by molar-refractivity contribution is 5.96. The summed E-state index contributed by atoms with van der Waals surface area (Å²) in [7, 11) is 0. The quantitative estimate of drug-likeness (QED) is 0.0283. The number of nitrogens with two attached hydrogens (primary N) is 4. The molecule has 19 heteroatoms. The number of carboxylic acid groups (broad SMARTS) is 1. The van der Waals surface area contributed by atoms with Gasteiger partial charge < -0.3 is 59.9 Å². The van der Waals surface area contributed by atoms with E-state index in [2.05, 4.69) is 36.9 Å². The molecule has 1 saturated carbocycles. The molecule has 0 bridgehead atoms. The van der Waals surface area contributed by atoms with Gasteiger partial charge in [0.25, 0.3) is 0 Å². The van der Waals surface area contributed by atoms with Crippen LogP contribution in [0.4, 0.5) is 0 Å². The fourth-order valence-electron chi connectivity index (χ4n) is 7.09. The van der Waals surface area contributed by atoms with Gasteiger partial charge in [0.05, 0.1) is 0 Å². The van der Waals surface area contributed by atoms with Gasteiger partial charge in [-0.2, -0.15) is 0 Å². The summed E-state index contributed by atoms with van der Waals surface area (Å²) in [6.07, 6.45) is 7.61. The van der Waals surface area contributed by atoms with Crippen molar-refractivity contribution in [3.05, 3.63) is 35.9 Å². The van der Waals surface area contributed by atoms with Crippen LogP contribution in [0.25, 0.3) is 0 Å². The molecule has 1 aliphatic carbocycles. The summed E-state index contributed by atoms with van der Waals surface area (Å²) in [6.45, 7) is 3.94. The van der Waals surface area contributed by atoms with Gasteiger partial charge in [0.1, 0.15) is 36.8 Å². The Morgan fingerprint density at radius 2 is 1.15 bits per heavy atom. The zero-order chi connectivity index (χ0) is 45.2. The summed E-state index contributed by atoms with van der Waals surface area (Å²) in [5, 5.41) is 25.4. The van der Waals surface area contributed by atoms with Gasteiger partial charge in [-0.3, -0.25) is 38.6 Å². The van der Waals surface area contributed by atoms with Crippen molar-refractivity contribution in [2.75, 3.05) is 26.2 Å². The summed E-state index contributed by atoms with van der Waals surface area (Å²) in [4.78, 5) is 97.6. The molecular formula is C42H71N11O8. The van der Waals surface area contributed by atoms with Crippen molar-refractivity contribution in [1.82, 2.24) is 31.9 Å². The molecule has 15 N–H and O–H groups in total. The van der Waals surface area contributed by atoms with E-state index in [-0.39, 0.29) is 62.4 Å². The highest BCUT2D eigenvalue weighted by Crippen LogP contribution is 2.24. The Hall–Kier alpha value is -5.30. The van der Waals surface area contributed by atoms with Crippen LogP contribution in [0.3, 0.4) is 0 Å². The third-order valence-electron chi connectivity index (χ3n) is 10.4. The van der Waals surface area contributed by atoms with E-state index in [9.17, 15) is 33.6 Å². The maximum atomic E-state index is 14.1. The number of carboxylic acids is 1. The highest BCUT2D eigenvalue weighted by atomic mass is 16.4. The smallest absolute Gasteiger partial charge is 0.322 e. The Morgan fingerprint density at radius 3 is 1.66 bits per heavy atom. The predicted molar refractivity (Wildman–Crippen MR) is 232 cm³/mol.